The van der Waals surface area contributed by atoms with Crippen LogP contribution in [-0.4, -0.2) is 33.7 Å². The number of amides is 1. The molecule has 3 heterocycles. The van der Waals surface area contributed by atoms with E-state index < -0.39 is 0 Å². The molecule has 154 valence electrons. The van der Waals surface area contributed by atoms with Crippen molar-refractivity contribution in [1.29, 1.82) is 5.26 Å². The van der Waals surface area contributed by atoms with Crippen LogP contribution in [0.1, 0.15) is 12.5 Å². The van der Waals surface area contributed by atoms with Gasteiger partial charge in [0.05, 0.1) is 0 Å². The summed E-state index contributed by atoms with van der Waals surface area (Å²) in [7, 11) is 0. The van der Waals surface area contributed by atoms with Gasteiger partial charge >= 0.3 is 0 Å². The zero-order valence-electron chi connectivity index (χ0n) is 16.6. The van der Waals surface area contributed by atoms with Crippen LogP contribution in [-0.2, 0) is 4.79 Å². The summed E-state index contributed by atoms with van der Waals surface area (Å²) in [5, 5.41) is 18.6. The van der Waals surface area contributed by atoms with Gasteiger partial charge < -0.3 is 20.1 Å². The standard InChI is InChI=1S/C22H18N6O3/c1-13(29)25-16-3-5-17(6-4-16)26-22-20(27-21-15(11-23)12-24-28(21)22)14-2-7-18-19(10-14)31-9-8-30-18/h2-7,10,12,24,26H,8-9H2,1H3,(H,25,29). The third-order valence-electron chi connectivity index (χ3n) is 4.86. The molecular formula is C22H18N6O3. The summed E-state index contributed by atoms with van der Waals surface area (Å²) in [6, 6.07) is 15.1. The van der Waals surface area contributed by atoms with Crippen molar-refractivity contribution in [2.45, 2.75) is 6.92 Å². The summed E-state index contributed by atoms with van der Waals surface area (Å²) in [5.74, 6) is 1.89. The maximum Gasteiger partial charge on any atom is 0.221 e. The molecule has 0 atom stereocenters. The number of carbonyl (C=O) groups excluding carboxylic acids is 1. The van der Waals surface area contributed by atoms with E-state index in [-0.39, 0.29) is 5.91 Å². The first kappa shape index (κ1) is 18.6. The lowest BCUT2D eigenvalue weighted by atomic mass is 10.1. The van der Waals surface area contributed by atoms with Crippen LogP contribution in [0.4, 0.5) is 17.2 Å². The number of ether oxygens (including phenoxy) is 2. The lowest BCUT2D eigenvalue weighted by Crippen LogP contribution is -2.15. The Morgan fingerprint density at radius 3 is 2.61 bits per heavy atom. The highest BCUT2D eigenvalue weighted by Crippen LogP contribution is 2.38. The molecule has 0 aliphatic carbocycles. The molecule has 0 bridgehead atoms. The zero-order valence-corrected chi connectivity index (χ0v) is 16.6. The van der Waals surface area contributed by atoms with Gasteiger partial charge in [0, 0.05) is 30.1 Å². The third-order valence-corrected chi connectivity index (χ3v) is 4.86. The van der Waals surface area contributed by atoms with Crippen molar-refractivity contribution in [2.24, 2.45) is 0 Å². The first-order valence-corrected chi connectivity index (χ1v) is 9.67. The smallest absolute Gasteiger partial charge is 0.221 e. The lowest BCUT2D eigenvalue weighted by Gasteiger charge is -2.18. The normalized spacial score (nSPS) is 12.4. The van der Waals surface area contributed by atoms with Gasteiger partial charge in [0.2, 0.25) is 5.91 Å². The SMILES string of the molecule is CC(=O)Nc1ccc(Nc2c(-c3ccc4c(c3)OCCO4)nc3c(C#N)c[nH]n23)cc1. The van der Waals surface area contributed by atoms with Crippen LogP contribution in [0.5, 0.6) is 11.5 Å². The molecule has 1 amide bonds. The number of rotatable bonds is 4. The summed E-state index contributed by atoms with van der Waals surface area (Å²) in [4.78, 5) is 16.0. The second kappa shape index (κ2) is 7.42. The minimum absolute atomic E-state index is 0.130. The summed E-state index contributed by atoms with van der Waals surface area (Å²) in [6.07, 6.45) is 1.61. The van der Waals surface area contributed by atoms with E-state index in [4.69, 9.17) is 14.5 Å². The molecule has 5 rings (SSSR count). The van der Waals surface area contributed by atoms with Gasteiger partial charge in [-0.3, -0.25) is 9.89 Å². The molecule has 31 heavy (non-hydrogen) atoms. The summed E-state index contributed by atoms with van der Waals surface area (Å²) in [6.45, 7) is 2.48. The molecule has 2 aromatic carbocycles. The van der Waals surface area contributed by atoms with Gasteiger partial charge in [0.1, 0.15) is 30.5 Å². The highest BCUT2D eigenvalue weighted by molar-refractivity contribution is 5.89. The molecule has 0 saturated carbocycles. The van der Waals surface area contributed by atoms with Crippen molar-refractivity contribution >= 4 is 28.7 Å². The number of hydrogen-bond acceptors (Lipinski definition) is 6. The summed E-state index contributed by atoms with van der Waals surface area (Å²) in [5.41, 5.74) is 3.93. The van der Waals surface area contributed by atoms with Crippen LogP contribution in [0.15, 0.2) is 48.7 Å². The van der Waals surface area contributed by atoms with Crippen LogP contribution >= 0.6 is 0 Å². The van der Waals surface area contributed by atoms with E-state index in [1.165, 1.54) is 6.92 Å². The molecular weight excluding hydrogens is 396 g/mol. The summed E-state index contributed by atoms with van der Waals surface area (Å²) >= 11 is 0. The molecule has 0 unspecified atom stereocenters. The number of imidazole rings is 1. The fraction of sp³-hybridized carbons (Fsp3) is 0.136. The Hall–Kier alpha value is -4.45. The van der Waals surface area contributed by atoms with Gasteiger partial charge in [-0.2, -0.15) is 5.26 Å². The van der Waals surface area contributed by atoms with Crippen LogP contribution in [0.25, 0.3) is 16.9 Å². The van der Waals surface area contributed by atoms with Crippen molar-refractivity contribution in [3.63, 3.8) is 0 Å². The van der Waals surface area contributed by atoms with E-state index in [0.717, 1.165) is 11.3 Å². The molecule has 0 spiro atoms. The van der Waals surface area contributed by atoms with Crippen molar-refractivity contribution in [3.05, 3.63) is 54.2 Å². The molecule has 0 radical (unpaired) electrons. The number of aromatic nitrogens is 3. The number of nitrogens with one attached hydrogen (secondary N) is 3. The summed E-state index contributed by atoms with van der Waals surface area (Å²) < 4.78 is 13.1. The fourth-order valence-corrected chi connectivity index (χ4v) is 3.49. The van der Waals surface area contributed by atoms with Crippen molar-refractivity contribution in [2.75, 3.05) is 23.8 Å². The number of nitrogens with zero attached hydrogens (tertiary/aromatic N) is 3. The van der Waals surface area contributed by atoms with E-state index >= 15 is 0 Å². The van der Waals surface area contributed by atoms with Gasteiger partial charge in [0.15, 0.2) is 23.0 Å². The molecule has 9 nitrogen and oxygen atoms in total. The predicted molar refractivity (Wildman–Crippen MR) is 115 cm³/mol. The first-order valence-electron chi connectivity index (χ1n) is 9.67. The highest BCUT2D eigenvalue weighted by atomic mass is 16.6. The number of benzene rings is 2. The maximum atomic E-state index is 11.2. The predicted octanol–water partition coefficient (Wildman–Crippen LogP) is 3.67. The average Bonchev–Trinajstić information content (AvgIpc) is 3.34. The quantitative estimate of drug-likeness (QED) is 0.469. The molecule has 3 N–H and O–H groups in total. The van der Waals surface area contributed by atoms with E-state index in [9.17, 15) is 10.1 Å². The van der Waals surface area contributed by atoms with E-state index in [0.29, 0.717) is 53.1 Å². The monoisotopic (exact) mass is 414 g/mol. The minimum Gasteiger partial charge on any atom is -0.486 e. The molecule has 9 heteroatoms. The molecule has 1 aliphatic rings. The van der Waals surface area contributed by atoms with Crippen molar-refractivity contribution in [1.82, 2.24) is 14.6 Å². The Morgan fingerprint density at radius 2 is 1.87 bits per heavy atom. The van der Waals surface area contributed by atoms with E-state index in [2.05, 4.69) is 21.8 Å². The largest absolute Gasteiger partial charge is 0.486 e. The van der Waals surface area contributed by atoms with Crippen LogP contribution < -0.4 is 20.1 Å². The number of H-pyrrole nitrogens is 1. The van der Waals surface area contributed by atoms with Crippen LogP contribution in [0, 0.1) is 11.3 Å². The Bertz CT molecular complexity index is 1330. The van der Waals surface area contributed by atoms with E-state index in [1.54, 1.807) is 22.8 Å². The number of carbonyl (C=O) groups is 1. The first-order chi connectivity index (χ1) is 15.1. The van der Waals surface area contributed by atoms with Crippen molar-refractivity contribution in [3.8, 4) is 28.8 Å². The fourth-order valence-electron chi connectivity index (χ4n) is 3.49. The number of fused-ring (bicyclic) bond motifs is 2. The Morgan fingerprint density at radius 1 is 1.13 bits per heavy atom. The lowest BCUT2D eigenvalue weighted by molar-refractivity contribution is -0.114. The molecule has 4 aromatic rings. The van der Waals surface area contributed by atoms with Gasteiger partial charge in [-0.25, -0.2) is 9.50 Å². The maximum absolute atomic E-state index is 11.2. The molecule has 0 fully saturated rings. The van der Waals surface area contributed by atoms with Gasteiger partial charge in [0.25, 0.3) is 0 Å². The number of anilines is 3. The zero-order chi connectivity index (χ0) is 21.4. The van der Waals surface area contributed by atoms with Crippen LogP contribution in [0.2, 0.25) is 0 Å². The number of hydrogen-bond donors (Lipinski definition) is 3. The highest BCUT2D eigenvalue weighted by Gasteiger charge is 2.20. The van der Waals surface area contributed by atoms with Gasteiger partial charge in [-0.1, -0.05) is 0 Å². The van der Waals surface area contributed by atoms with Gasteiger partial charge in [-0.05, 0) is 42.5 Å². The molecule has 1 aliphatic heterocycles. The Labute approximate surface area is 177 Å². The van der Waals surface area contributed by atoms with Gasteiger partial charge in [-0.15, -0.1) is 0 Å². The third kappa shape index (κ3) is 3.40. The minimum atomic E-state index is -0.130. The Kier molecular flexibility index (Phi) is 4.45. The molecule has 0 saturated heterocycles. The van der Waals surface area contributed by atoms with E-state index in [1.807, 2.05) is 30.3 Å². The van der Waals surface area contributed by atoms with Crippen LogP contribution in [0.3, 0.4) is 0 Å². The average molecular weight is 414 g/mol. The molecule has 2 aromatic heterocycles. The Balaban J connectivity index is 1.57. The number of nitriles is 1. The topological polar surface area (TPSA) is 116 Å². The number of aromatic amines is 1. The second-order valence-electron chi connectivity index (χ2n) is 7.01. The second-order valence-corrected chi connectivity index (χ2v) is 7.01. The van der Waals surface area contributed by atoms with Crippen molar-refractivity contribution < 1.29 is 14.3 Å².